The Labute approximate surface area is 111 Å². The van der Waals surface area contributed by atoms with Crippen molar-refractivity contribution in [1.82, 2.24) is 4.98 Å². The molecule has 0 fully saturated rings. The third-order valence-corrected chi connectivity index (χ3v) is 4.23. The summed E-state index contributed by atoms with van der Waals surface area (Å²) >= 11 is 1.68. The third kappa shape index (κ3) is 2.02. The fraction of sp³-hybridized carbons (Fsp3) is 0.357. The van der Waals surface area contributed by atoms with Gasteiger partial charge in [0.15, 0.2) is 0 Å². The van der Waals surface area contributed by atoms with Crippen LogP contribution < -0.4 is 10.5 Å². The van der Waals surface area contributed by atoms with Crippen molar-refractivity contribution >= 4 is 11.3 Å². The van der Waals surface area contributed by atoms with Crippen molar-refractivity contribution in [2.24, 2.45) is 5.73 Å². The van der Waals surface area contributed by atoms with Crippen LogP contribution in [0.4, 0.5) is 0 Å². The maximum absolute atomic E-state index is 5.67. The van der Waals surface area contributed by atoms with E-state index in [4.69, 9.17) is 10.5 Å². The Bertz CT molecular complexity index is 565. The van der Waals surface area contributed by atoms with E-state index in [1.807, 2.05) is 6.07 Å². The zero-order valence-electron chi connectivity index (χ0n) is 10.3. The summed E-state index contributed by atoms with van der Waals surface area (Å²) in [7, 11) is 0. The van der Waals surface area contributed by atoms with Gasteiger partial charge in [-0.15, -0.1) is 11.3 Å². The predicted molar refractivity (Wildman–Crippen MR) is 74.2 cm³/mol. The second-order valence-electron chi connectivity index (χ2n) is 4.64. The van der Waals surface area contributed by atoms with Gasteiger partial charge in [0.2, 0.25) is 0 Å². The lowest BCUT2D eigenvalue weighted by atomic mass is 10.1. The first kappa shape index (κ1) is 11.7. The van der Waals surface area contributed by atoms with Gasteiger partial charge in [0, 0.05) is 29.8 Å². The van der Waals surface area contributed by atoms with Gasteiger partial charge in [-0.25, -0.2) is 4.98 Å². The molecule has 0 bridgehead atoms. The molecule has 94 valence electrons. The lowest BCUT2D eigenvalue weighted by Gasteiger charge is -2.03. The molecule has 0 aliphatic carbocycles. The van der Waals surface area contributed by atoms with E-state index in [1.165, 1.54) is 11.1 Å². The molecule has 3 nitrogen and oxygen atoms in total. The quantitative estimate of drug-likeness (QED) is 0.923. The van der Waals surface area contributed by atoms with Crippen molar-refractivity contribution < 1.29 is 4.74 Å². The van der Waals surface area contributed by atoms with Crippen LogP contribution in [-0.2, 0) is 6.42 Å². The van der Waals surface area contributed by atoms with E-state index >= 15 is 0 Å². The lowest BCUT2D eigenvalue weighted by molar-refractivity contribution is 0.357. The van der Waals surface area contributed by atoms with Crippen molar-refractivity contribution in [2.45, 2.75) is 19.3 Å². The largest absolute Gasteiger partial charge is 0.493 e. The van der Waals surface area contributed by atoms with Crippen LogP contribution in [0.5, 0.6) is 5.75 Å². The summed E-state index contributed by atoms with van der Waals surface area (Å²) in [5, 5.41) is 3.18. The SMILES string of the molecule is CC(CN)c1csc(-c2ccc3c(c2)CCO3)n1. The molecule has 2 N–H and O–H groups in total. The van der Waals surface area contributed by atoms with Gasteiger partial charge >= 0.3 is 0 Å². The number of aromatic nitrogens is 1. The van der Waals surface area contributed by atoms with Crippen LogP contribution in [-0.4, -0.2) is 18.1 Å². The van der Waals surface area contributed by atoms with Crippen LogP contribution in [0, 0.1) is 0 Å². The van der Waals surface area contributed by atoms with Crippen LogP contribution >= 0.6 is 11.3 Å². The van der Waals surface area contributed by atoms with Crippen molar-refractivity contribution in [2.75, 3.05) is 13.2 Å². The first-order valence-corrected chi connectivity index (χ1v) is 7.07. The summed E-state index contributed by atoms with van der Waals surface area (Å²) in [5.41, 5.74) is 9.23. The number of rotatable bonds is 3. The number of ether oxygens (including phenoxy) is 1. The molecular formula is C14H16N2OS. The molecule has 1 aliphatic rings. The Balaban J connectivity index is 1.92. The van der Waals surface area contributed by atoms with E-state index in [9.17, 15) is 0 Å². The van der Waals surface area contributed by atoms with Crippen molar-refractivity contribution in [1.29, 1.82) is 0 Å². The fourth-order valence-electron chi connectivity index (χ4n) is 2.09. The van der Waals surface area contributed by atoms with Crippen LogP contribution in [0.15, 0.2) is 23.6 Å². The van der Waals surface area contributed by atoms with E-state index in [-0.39, 0.29) is 0 Å². The maximum atomic E-state index is 5.67. The first-order valence-electron chi connectivity index (χ1n) is 6.19. The van der Waals surface area contributed by atoms with E-state index in [1.54, 1.807) is 11.3 Å². The van der Waals surface area contributed by atoms with E-state index in [0.29, 0.717) is 12.5 Å². The molecule has 2 heterocycles. The molecule has 18 heavy (non-hydrogen) atoms. The average molecular weight is 260 g/mol. The summed E-state index contributed by atoms with van der Waals surface area (Å²) < 4.78 is 5.52. The number of benzene rings is 1. The first-order chi connectivity index (χ1) is 8.78. The van der Waals surface area contributed by atoms with Crippen LogP contribution in [0.2, 0.25) is 0 Å². The second-order valence-corrected chi connectivity index (χ2v) is 5.49. The van der Waals surface area contributed by atoms with Crippen LogP contribution in [0.25, 0.3) is 10.6 Å². The predicted octanol–water partition coefficient (Wildman–Crippen LogP) is 2.81. The zero-order valence-corrected chi connectivity index (χ0v) is 11.2. The average Bonchev–Trinajstić information content (AvgIpc) is 3.05. The Morgan fingerprint density at radius 3 is 3.22 bits per heavy atom. The Morgan fingerprint density at radius 2 is 2.39 bits per heavy atom. The molecule has 0 amide bonds. The van der Waals surface area contributed by atoms with Gasteiger partial charge in [-0.2, -0.15) is 0 Å². The molecule has 1 aromatic carbocycles. The molecule has 1 unspecified atom stereocenters. The molecule has 0 radical (unpaired) electrons. The minimum absolute atomic E-state index is 0.327. The fourth-order valence-corrected chi connectivity index (χ4v) is 3.02. The lowest BCUT2D eigenvalue weighted by Crippen LogP contribution is -2.08. The molecule has 1 aliphatic heterocycles. The van der Waals surface area contributed by atoms with Gasteiger partial charge in [-0.05, 0) is 23.8 Å². The van der Waals surface area contributed by atoms with E-state index in [0.717, 1.165) is 29.5 Å². The topological polar surface area (TPSA) is 48.1 Å². The molecule has 0 spiro atoms. The van der Waals surface area contributed by atoms with Crippen molar-refractivity contribution in [3.63, 3.8) is 0 Å². The van der Waals surface area contributed by atoms with Crippen molar-refractivity contribution in [3.05, 3.63) is 34.8 Å². The molecule has 3 rings (SSSR count). The summed E-state index contributed by atoms with van der Waals surface area (Å²) in [6, 6.07) is 6.32. The molecule has 0 saturated heterocycles. The molecule has 1 aromatic heterocycles. The Morgan fingerprint density at radius 1 is 1.50 bits per heavy atom. The zero-order chi connectivity index (χ0) is 12.5. The molecular weight excluding hydrogens is 244 g/mol. The third-order valence-electron chi connectivity index (χ3n) is 3.32. The summed E-state index contributed by atoms with van der Waals surface area (Å²) in [6.45, 7) is 3.54. The summed E-state index contributed by atoms with van der Waals surface area (Å²) in [6.07, 6.45) is 1.00. The molecule has 2 aromatic rings. The van der Waals surface area contributed by atoms with Gasteiger partial charge in [-0.3, -0.25) is 0 Å². The summed E-state index contributed by atoms with van der Waals surface area (Å²) in [5.74, 6) is 1.35. The van der Waals surface area contributed by atoms with E-state index in [2.05, 4.69) is 29.4 Å². The Hall–Kier alpha value is -1.39. The number of hydrogen-bond donors (Lipinski definition) is 1. The van der Waals surface area contributed by atoms with Gasteiger partial charge < -0.3 is 10.5 Å². The van der Waals surface area contributed by atoms with E-state index < -0.39 is 0 Å². The van der Waals surface area contributed by atoms with Crippen molar-refractivity contribution in [3.8, 4) is 16.3 Å². The highest BCUT2D eigenvalue weighted by Crippen LogP contribution is 2.32. The highest BCUT2D eigenvalue weighted by atomic mass is 32.1. The standard InChI is InChI=1S/C14H16N2OS/c1-9(7-15)12-8-18-14(16-12)11-2-3-13-10(6-11)4-5-17-13/h2-3,6,8-9H,4-5,7,15H2,1H3. The minimum Gasteiger partial charge on any atom is -0.493 e. The monoisotopic (exact) mass is 260 g/mol. The summed E-state index contributed by atoms with van der Waals surface area (Å²) in [4.78, 5) is 4.67. The van der Waals surface area contributed by atoms with Gasteiger partial charge in [0.05, 0.1) is 12.3 Å². The van der Waals surface area contributed by atoms with Gasteiger partial charge in [0.25, 0.3) is 0 Å². The second kappa shape index (κ2) is 4.71. The van der Waals surface area contributed by atoms with Crippen LogP contribution in [0.1, 0.15) is 24.1 Å². The smallest absolute Gasteiger partial charge is 0.123 e. The number of nitrogens with zero attached hydrogens (tertiary/aromatic N) is 1. The highest BCUT2D eigenvalue weighted by molar-refractivity contribution is 7.13. The molecule has 0 saturated carbocycles. The molecule has 4 heteroatoms. The number of fused-ring (bicyclic) bond motifs is 1. The highest BCUT2D eigenvalue weighted by Gasteiger charge is 2.15. The number of thiazole rings is 1. The van der Waals surface area contributed by atoms with Gasteiger partial charge in [-0.1, -0.05) is 6.92 Å². The maximum Gasteiger partial charge on any atom is 0.123 e. The Kier molecular flexibility index (Phi) is 3.06. The van der Waals surface area contributed by atoms with Crippen LogP contribution in [0.3, 0.4) is 0 Å². The van der Waals surface area contributed by atoms with Gasteiger partial charge in [0.1, 0.15) is 10.8 Å². The normalized spacial score (nSPS) is 15.2. The number of hydrogen-bond acceptors (Lipinski definition) is 4. The number of nitrogens with two attached hydrogens (primary N) is 1. The molecule has 1 atom stereocenters. The minimum atomic E-state index is 0.327.